The Morgan fingerprint density at radius 3 is 2.59 bits per heavy atom. The number of nitrogens with two attached hydrogens (primary N) is 1. The highest BCUT2D eigenvalue weighted by atomic mass is 32.2. The summed E-state index contributed by atoms with van der Waals surface area (Å²) in [7, 11) is 0. The second kappa shape index (κ2) is 9.17. The van der Waals surface area contributed by atoms with Crippen molar-refractivity contribution in [1.82, 2.24) is 14.9 Å². The first-order chi connectivity index (χ1) is 13.0. The number of rotatable bonds is 6. The van der Waals surface area contributed by atoms with Crippen LogP contribution in [0.1, 0.15) is 43.4 Å². The van der Waals surface area contributed by atoms with E-state index in [1.54, 1.807) is 18.2 Å². The third-order valence-electron chi connectivity index (χ3n) is 4.78. The first-order valence-corrected chi connectivity index (χ1v) is 10.3. The van der Waals surface area contributed by atoms with Crippen LogP contribution < -0.4 is 5.73 Å². The predicted molar refractivity (Wildman–Crippen MR) is 106 cm³/mol. The monoisotopic (exact) mass is 388 g/mol. The van der Waals surface area contributed by atoms with E-state index in [0.29, 0.717) is 17.5 Å². The summed E-state index contributed by atoms with van der Waals surface area (Å²) in [5, 5.41) is 0.520. The van der Waals surface area contributed by atoms with Crippen LogP contribution in [-0.4, -0.2) is 32.6 Å². The first-order valence-electron chi connectivity index (χ1n) is 9.29. The SMILES string of the molecule is Cc1cc(N)nc(SCC(=O)N(Cc2ccc(F)cc2)C2CCCCC2)n1. The fourth-order valence-corrected chi connectivity index (χ4v) is 4.24. The molecule has 2 N–H and O–H groups in total. The Morgan fingerprint density at radius 1 is 1.22 bits per heavy atom. The summed E-state index contributed by atoms with van der Waals surface area (Å²) in [4.78, 5) is 23.5. The number of anilines is 1. The molecule has 0 spiro atoms. The summed E-state index contributed by atoms with van der Waals surface area (Å²) in [5.74, 6) is 0.465. The zero-order chi connectivity index (χ0) is 19.2. The summed E-state index contributed by atoms with van der Waals surface area (Å²) >= 11 is 1.31. The molecular weight excluding hydrogens is 363 g/mol. The van der Waals surface area contributed by atoms with Gasteiger partial charge in [-0.2, -0.15) is 0 Å². The number of hydrogen-bond donors (Lipinski definition) is 1. The van der Waals surface area contributed by atoms with E-state index in [1.807, 2.05) is 11.8 Å². The smallest absolute Gasteiger partial charge is 0.233 e. The van der Waals surface area contributed by atoms with Crippen LogP contribution in [-0.2, 0) is 11.3 Å². The van der Waals surface area contributed by atoms with Crippen LogP contribution in [0, 0.1) is 12.7 Å². The molecule has 1 saturated carbocycles. The fourth-order valence-electron chi connectivity index (χ4n) is 3.44. The van der Waals surface area contributed by atoms with Gasteiger partial charge in [0.1, 0.15) is 11.6 Å². The van der Waals surface area contributed by atoms with Gasteiger partial charge >= 0.3 is 0 Å². The lowest BCUT2D eigenvalue weighted by atomic mass is 9.94. The van der Waals surface area contributed by atoms with Crippen molar-refractivity contribution in [3.8, 4) is 0 Å². The van der Waals surface area contributed by atoms with Gasteiger partial charge in [-0.25, -0.2) is 14.4 Å². The van der Waals surface area contributed by atoms with Crippen molar-refractivity contribution >= 4 is 23.5 Å². The molecule has 1 aromatic heterocycles. The van der Waals surface area contributed by atoms with Gasteiger partial charge in [-0.3, -0.25) is 4.79 Å². The summed E-state index contributed by atoms with van der Waals surface area (Å²) in [6.45, 7) is 2.36. The molecule has 0 saturated heterocycles. The number of halogens is 1. The number of carbonyl (C=O) groups excluding carboxylic acids is 1. The normalized spacial score (nSPS) is 14.9. The first kappa shape index (κ1) is 19.6. The highest BCUT2D eigenvalue weighted by Gasteiger charge is 2.25. The minimum Gasteiger partial charge on any atom is -0.384 e. The predicted octanol–water partition coefficient (Wildman–Crippen LogP) is 3.96. The largest absolute Gasteiger partial charge is 0.384 e. The summed E-state index contributed by atoms with van der Waals surface area (Å²) < 4.78 is 13.2. The van der Waals surface area contributed by atoms with Crippen molar-refractivity contribution in [1.29, 1.82) is 0 Å². The summed E-state index contributed by atoms with van der Waals surface area (Å²) in [6, 6.07) is 8.31. The molecule has 0 unspecified atom stereocenters. The van der Waals surface area contributed by atoms with Gasteiger partial charge in [-0.05, 0) is 37.5 Å². The number of nitrogen functional groups attached to an aromatic ring is 1. The van der Waals surface area contributed by atoms with E-state index in [9.17, 15) is 9.18 Å². The average Bonchev–Trinajstić information content (AvgIpc) is 2.65. The van der Waals surface area contributed by atoms with Crippen molar-refractivity contribution < 1.29 is 9.18 Å². The molecular formula is C20H25FN4OS. The van der Waals surface area contributed by atoms with Gasteiger partial charge in [0, 0.05) is 24.3 Å². The maximum absolute atomic E-state index is 13.2. The number of carbonyl (C=O) groups is 1. The molecule has 1 aliphatic carbocycles. The van der Waals surface area contributed by atoms with E-state index in [-0.39, 0.29) is 23.5 Å². The zero-order valence-electron chi connectivity index (χ0n) is 15.5. The Labute approximate surface area is 163 Å². The van der Waals surface area contributed by atoms with Crippen LogP contribution >= 0.6 is 11.8 Å². The highest BCUT2D eigenvalue weighted by Crippen LogP contribution is 2.26. The molecule has 7 heteroatoms. The molecule has 0 radical (unpaired) electrons. The van der Waals surface area contributed by atoms with Gasteiger partial charge in [-0.1, -0.05) is 43.2 Å². The van der Waals surface area contributed by atoms with Crippen molar-refractivity contribution in [3.05, 3.63) is 47.4 Å². The van der Waals surface area contributed by atoms with E-state index in [2.05, 4.69) is 9.97 Å². The van der Waals surface area contributed by atoms with Crippen molar-refractivity contribution in [2.24, 2.45) is 0 Å². The molecule has 27 heavy (non-hydrogen) atoms. The average molecular weight is 389 g/mol. The minimum atomic E-state index is -0.265. The highest BCUT2D eigenvalue weighted by molar-refractivity contribution is 7.99. The lowest BCUT2D eigenvalue weighted by Gasteiger charge is -2.34. The van der Waals surface area contributed by atoms with E-state index >= 15 is 0 Å². The molecule has 2 aromatic rings. The van der Waals surface area contributed by atoms with Crippen LogP contribution in [0.25, 0.3) is 0 Å². The van der Waals surface area contributed by atoms with Gasteiger partial charge < -0.3 is 10.6 Å². The maximum atomic E-state index is 13.2. The second-order valence-electron chi connectivity index (χ2n) is 6.95. The lowest BCUT2D eigenvalue weighted by molar-refractivity contribution is -0.132. The van der Waals surface area contributed by atoms with Gasteiger partial charge in [0.25, 0.3) is 0 Å². The summed E-state index contributed by atoms with van der Waals surface area (Å²) in [5.41, 5.74) is 7.49. The van der Waals surface area contributed by atoms with E-state index in [0.717, 1.165) is 36.9 Å². The number of benzene rings is 1. The molecule has 144 valence electrons. The molecule has 3 rings (SSSR count). The third kappa shape index (κ3) is 5.66. The Balaban J connectivity index is 1.70. The number of aryl methyl sites for hydroxylation is 1. The van der Waals surface area contributed by atoms with Gasteiger partial charge in [0.05, 0.1) is 5.75 Å². The quantitative estimate of drug-likeness (QED) is 0.599. The van der Waals surface area contributed by atoms with Crippen molar-refractivity contribution in [3.63, 3.8) is 0 Å². The van der Waals surface area contributed by atoms with Crippen LogP contribution in [0.5, 0.6) is 0 Å². The van der Waals surface area contributed by atoms with Crippen LogP contribution in [0.3, 0.4) is 0 Å². The van der Waals surface area contributed by atoms with Gasteiger partial charge in [0.15, 0.2) is 5.16 Å². The molecule has 0 aliphatic heterocycles. The Hall–Kier alpha value is -2.15. The van der Waals surface area contributed by atoms with Gasteiger partial charge in [-0.15, -0.1) is 0 Å². The van der Waals surface area contributed by atoms with E-state index in [1.165, 1.54) is 30.3 Å². The van der Waals surface area contributed by atoms with Crippen LogP contribution in [0.4, 0.5) is 10.2 Å². The Kier molecular flexibility index (Phi) is 6.66. The molecule has 0 bridgehead atoms. The van der Waals surface area contributed by atoms with E-state index < -0.39 is 0 Å². The molecule has 1 fully saturated rings. The number of hydrogen-bond acceptors (Lipinski definition) is 5. The topological polar surface area (TPSA) is 72.1 Å². The fraction of sp³-hybridized carbons (Fsp3) is 0.450. The number of amides is 1. The Morgan fingerprint density at radius 2 is 1.93 bits per heavy atom. The zero-order valence-corrected chi connectivity index (χ0v) is 16.3. The molecule has 0 atom stereocenters. The lowest BCUT2D eigenvalue weighted by Crippen LogP contribution is -2.42. The molecule has 1 amide bonds. The Bertz CT molecular complexity index is 758. The molecule has 1 aliphatic rings. The number of nitrogens with zero attached hydrogens (tertiary/aromatic N) is 3. The van der Waals surface area contributed by atoms with Crippen LogP contribution in [0.15, 0.2) is 35.5 Å². The minimum absolute atomic E-state index is 0.0555. The number of aromatic nitrogens is 2. The van der Waals surface area contributed by atoms with Gasteiger partial charge in [0.2, 0.25) is 5.91 Å². The van der Waals surface area contributed by atoms with E-state index in [4.69, 9.17) is 5.73 Å². The molecule has 1 aromatic carbocycles. The third-order valence-corrected chi connectivity index (χ3v) is 5.61. The molecule has 5 nitrogen and oxygen atoms in total. The van der Waals surface area contributed by atoms with Crippen molar-refractivity contribution in [2.45, 2.75) is 56.8 Å². The van der Waals surface area contributed by atoms with Crippen molar-refractivity contribution in [2.75, 3.05) is 11.5 Å². The number of thioether (sulfide) groups is 1. The standard InChI is InChI=1S/C20H25FN4OS/c1-14-11-18(22)24-20(23-14)27-13-19(26)25(17-5-3-2-4-6-17)12-15-7-9-16(21)10-8-15/h7-11,17H,2-6,12-13H2,1H3,(H2,22,23,24). The second-order valence-corrected chi connectivity index (χ2v) is 7.89. The van der Waals surface area contributed by atoms with Crippen LogP contribution in [0.2, 0.25) is 0 Å². The summed E-state index contributed by atoms with van der Waals surface area (Å²) in [6.07, 6.45) is 5.54. The maximum Gasteiger partial charge on any atom is 0.233 e. The molecule has 1 heterocycles.